The van der Waals surface area contributed by atoms with Crippen LogP contribution in [0.1, 0.15) is 45.5 Å². The second-order valence-corrected chi connectivity index (χ2v) is 12.9. The number of amides is 1. The summed E-state index contributed by atoms with van der Waals surface area (Å²) in [6, 6.07) is 11.7. The average Bonchev–Trinajstić information content (AvgIpc) is 3.57. The maximum Gasteiger partial charge on any atom is 0.407 e. The molecule has 5 aliphatic heterocycles. The Morgan fingerprint density at radius 1 is 1.11 bits per heavy atom. The van der Waals surface area contributed by atoms with Gasteiger partial charge >= 0.3 is 12.1 Å². The fourth-order valence-corrected chi connectivity index (χ4v) is 7.91. The number of aromatic nitrogens is 3. The molecule has 2 aromatic carbocycles. The normalized spacial score (nSPS) is 25.4. The number of nitrogens with zero attached hydrogens (tertiary/aromatic N) is 5. The highest BCUT2D eigenvalue weighted by atomic mass is 19.1. The van der Waals surface area contributed by atoms with Crippen molar-refractivity contribution in [2.45, 2.75) is 62.7 Å². The molecule has 3 fully saturated rings. The number of carbonyl (C=O) groups excluding carboxylic acids is 1. The van der Waals surface area contributed by atoms with Crippen molar-refractivity contribution in [2.24, 2.45) is 0 Å². The summed E-state index contributed by atoms with van der Waals surface area (Å²) < 4.78 is 43.2. The Kier molecular flexibility index (Phi) is 7.15. The maximum atomic E-state index is 16.8. The number of alkyl halides is 1. The van der Waals surface area contributed by atoms with E-state index in [-0.39, 0.29) is 37.9 Å². The fraction of sp³-hybridized carbons (Fsp3) is 0.471. The maximum absolute atomic E-state index is 16.8. The van der Waals surface area contributed by atoms with Crippen molar-refractivity contribution >= 4 is 33.6 Å². The molecule has 0 unspecified atom stereocenters. The number of hydrogen-bond donors (Lipinski definition) is 1. The average molecular weight is 617 g/mol. The molecule has 3 atom stereocenters. The van der Waals surface area contributed by atoms with Crippen molar-refractivity contribution in [3.63, 3.8) is 0 Å². The molecule has 4 aromatic rings. The number of halogens is 2. The van der Waals surface area contributed by atoms with Crippen molar-refractivity contribution < 1.29 is 24.5 Å². The van der Waals surface area contributed by atoms with Gasteiger partial charge in [-0.05, 0) is 61.4 Å². The lowest BCUT2D eigenvalue weighted by molar-refractivity contribution is 0.107. The first-order chi connectivity index (χ1) is 22.0. The molecule has 9 nitrogen and oxygen atoms in total. The minimum atomic E-state index is -0.890. The first kappa shape index (κ1) is 28.4. The number of rotatable bonds is 3. The highest BCUT2D eigenvalue weighted by Gasteiger charge is 2.49. The molecule has 3 saturated heterocycles. The largest absolute Gasteiger partial charge is 0.461 e. The molecule has 0 radical (unpaired) electrons. The molecule has 7 heterocycles. The molecule has 0 saturated carbocycles. The highest BCUT2D eigenvalue weighted by molar-refractivity contribution is 6.00. The van der Waals surface area contributed by atoms with Crippen LogP contribution in [0.2, 0.25) is 0 Å². The van der Waals surface area contributed by atoms with Crippen LogP contribution in [0.5, 0.6) is 6.01 Å². The van der Waals surface area contributed by atoms with Crippen molar-refractivity contribution in [3.05, 3.63) is 54.0 Å². The minimum absolute atomic E-state index is 0. The van der Waals surface area contributed by atoms with Gasteiger partial charge in [0.2, 0.25) is 0 Å². The SMILES string of the molecule is O=C1N[C@@H]2CCCN(C2)c2nc(OC[C@@]34CCCN3C[C@H](F)C4)nc3c(F)c(ncc23)-c2cccc3cccc(c23)CCCO1.[HH]. The molecule has 0 spiro atoms. The van der Waals surface area contributed by atoms with Gasteiger partial charge in [0.25, 0.3) is 0 Å². The van der Waals surface area contributed by atoms with Crippen LogP contribution in [0.3, 0.4) is 0 Å². The number of ether oxygens (including phenoxy) is 2. The third kappa shape index (κ3) is 5.10. The van der Waals surface area contributed by atoms with Gasteiger partial charge in [-0.3, -0.25) is 9.88 Å². The molecule has 1 amide bonds. The third-order valence-corrected chi connectivity index (χ3v) is 9.99. The van der Waals surface area contributed by atoms with Gasteiger partial charge in [0.15, 0.2) is 5.82 Å². The van der Waals surface area contributed by atoms with Gasteiger partial charge in [-0.25, -0.2) is 13.6 Å². The molecule has 236 valence electrons. The topological polar surface area (TPSA) is 92.7 Å². The van der Waals surface area contributed by atoms with Crippen molar-refractivity contribution in [3.8, 4) is 17.3 Å². The lowest BCUT2D eigenvalue weighted by Gasteiger charge is -2.34. The first-order valence-corrected chi connectivity index (χ1v) is 16.0. The Bertz CT molecular complexity index is 1790. The number of piperidine rings is 1. The number of nitrogens with one attached hydrogen (secondary N) is 1. The molecule has 2 aromatic heterocycles. The van der Waals surface area contributed by atoms with Gasteiger partial charge in [-0.1, -0.05) is 36.4 Å². The predicted molar refractivity (Wildman–Crippen MR) is 169 cm³/mol. The Morgan fingerprint density at radius 3 is 2.91 bits per heavy atom. The molecule has 11 heteroatoms. The Balaban J connectivity index is 0.00000338. The summed E-state index contributed by atoms with van der Waals surface area (Å²) >= 11 is 0. The molecule has 45 heavy (non-hydrogen) atoms. The van der Waals surface area contributed by atoms with Crippen LogP contribution in [-0.4, -0.2) is 83.1 Å². The van der Waals surface area contributed by atoms with Gasteiger partial charge in [0, 0.05) is 45.3 Å². The van der Waals surface area contributed by atoms with Crippen LogP contribution in [0.4, 0.5) is 19.4 Å². The number of anilines is 1. The molecule has 0 aliphatic carbocycles. The number of hydrogen-bond acceptors (Lipinski definition) is 8. The quantitative estimate of drug-likeness (QED) is 0.308. The number of fused-ring (bicyclic) bond motifs is 7. The number of aryl methyl sites for hydroxylation is 1. The summed E-state index contributed by atoms with van der Waals surface area (Å²) in [4.78, 5) is 31.1. The molecule has 6 bridgehead atoms. The van der Waals surface area contributed by atoms with Crippen LogP contribution in [-0.2, 0) is 11.2 Å². The minimum Gasteiger partial charge on any atom is -0.461 e. The molecular formula is C34H38F2N6O3. The van der Waals surface area contributed by atoms with E-state index in [1.807, 2.05) is 41.3 Å². The van der Waals surface area contributed by atoms with Crippen molar-refractivity contribution in [2.75, 3.05) is 44.3 Å². The zero-order chi connectivity index (χ0) is 30.5. The second kappa shape index (κ2) is 11.3. The van der Waals surface area contributed by atoms with Gasteiger partial charge < -0.3 is 19.7 Å². The van der Waals surface area contributed by atoms with Gasteiger partial charge in [-0.15, -0.1) is 0 Å². The second-order valence-electron chi connectivity index (χ2n) is 12.9. The number of alkyl carbamates (subject to hydrolysis) is 1. The zero-order valence-electron chi connectivity index (χ0n) is 25.1. The lowest BCUT2D eigenvalue weighted by Crippen LogP contribution is -2.48. The molecule has 1 N–H and O–H groups in total. The molecule has 9 rings (SSSR count). The Labute approximate surface area is 261 Å². The van der Waals surface area contributed by atoms with Crippen molar-refractivity contribution in [1.29, 1.82) is 0 Å². The zero-order valence-corrected chi connectivity index (χ0v) is 25.1. The highest BCUT2D eigenvalue weighted by Crippen LogP contribution is 2.41. The van der Waals surface area contributed by atoms with E-state index in [4.69, 9.17) is 19.4 Å². The van der Waals surface area contributed by atoms with Gasteiger partial charge in [0.1, 0.15) is 29.8 Å². The van der Waals surface area contributed by atoms with Crippen molar-refractivity contribution in [1.82, 2.24) is 25.2 Å². The summed E-state index contributed by atoms with van der Waals surface area (Å²) in [5.41, 5.74) is 1.64. The van der Waals surface area contributed by atoms with E-state index in [0.717, 1.165) is 48.6 Å². The number of pyridine rings is 1. The first-order valence-electron chi connectivity index (χ1n) is 16.0. The van der Waals surface area contributed by atoms with Crippen LogP contribution in [0.25, 0.3) is 32.9 Å². The summed E-state index contributed by atoms with van der Waals surface area (Å²) in [5.74, 6) is -0.0329. The monoisotopic (exact) mass is 616 g/mol. The van der Waals surface area contributed by atoms with E-state index in [0.29, 0.717) is 55.7 Å². The summed E-state index contributed by atoms with van der Waals surface area (Å²) in [6.45, 7) is 2.89. The van der Waals surface area contributed by atoms with E-state index < -0.39 is 23.6 Å². The van der Waals surface area contributed by atoms with Crippen LogP contribution >= 0.6 is 0 Å². The Hall–Kier alpha value is -4.12. The number of carbonyl (C=O) groups is 1. The van der Waals surface area contributed by atoms with Crippen LogP contribution < -0.4 is 15.0 Å². The molecular weight excluding hydrogens is 578 g/mol. The lowest BCUT2D eigenvalue weighted by atomic mass is 9.94. The third-order valence-electron chi connectivity index (χ3n) is 9.99. The van der Waals surface area contributed by atoms with E-state index >= 15 is 4.39 Å². The smallest absolute Gasteiger partial charge is 0.407 e. The summed E-state index contributed by atoms with van der Waals surface area (Å²) in [7, 11) is 0. The van der Waals surface area contributed by atoms with E-state index in [9.17, 15) is 9.18 Å². The van der Waals surface area contributed by atoms with Crippen LogP contribution in [0, 0.1) is 5.82 Å². The van der Waals surface area contributed by atoms with E-state index in [1.54, 1.807) is 6.20 Å². The Morgan fingerprint density at radius 2 is 2.00 bits per heavy atom. The van der Waals surface area contributed by atoms with Gasteiger partial charge in [-0.2, -0.15) is 9.97 Å². The van der Waals surface area contributed by atoms with Gasteiger partial charge in [0.05, 0.1) is 17.5 Å². The van der Waals surface area contributed by atoms with Crippen LogP contribution in [0.15, 0.2) is 42.6 Å². The standard InChI is InChI=1S/C34H36F2N6O3.H2/c35-23-16-34(12-5-14-42(34)18-23)20-45-32-39-30-26-17-37-29(28(30)36)25-11-2-8-21-6-1-7-22(27(21)25)9-4-15-44-33(43)38-24-10-3-13-41(19-24)31(26)40-32;/h1-2,6-8,11,17,23-24H,3-5,9-10,12-16,18-20H2,(H,38,43);1H/t23-,24-,34+;/m1./s1. The van der Waals surface area contributed by atoms with E-state index in [2.05, 4.69) is 15.2 Å². The molecule has 5 aliphatic rings. The fourth-order valence-electron chi connectivity index (χ4n) is 7.91. The van der Waals surface area contributed by atoms with E-state index in [1.165, 1.54) is 0 Å². The number of benzene rings is 2. The summed E-state index contributed by atoms with van der Waals surface area (Å²) in [5, 5.41) is 5.37. The predicted octanol–water partition coefficient (Wildman–Crippen LogP) is 5.83. The summed E-state index contributed by atoms with van der Waals surface area (Å²) in [6.07, 6.45) is 5.42.